The van der Waals surface area contributed by atoms with E-state index >= 15 is 0 Å². The number of fused-ring (bicyclic) bond motifs is 10. The van der Waals surface area contributed by atoms with Gasteiger partial charge in [-0.15, -0.1) is 0 Å². The number of benzene rings is 5. The van der Waals surface area contributed by atoms with Gasteiger partial charge in [-0.3, -0.25) is 9.13 Å². The summed E-state index contributed by atoms with van der Waals surface area (Å²) in [5.74, 6) is 0. The van der Waals surface area contributed by atoms with Crippen LogP contribution in [0.15, 0.2) is 121 Å². The van der Waals surface area contributed by atoms with Crippen molar-refractivity contribution in [1.29, 1.82) is 0 Å². The van der Waals surface area contributed by atoms with Crippen molar-refractivity contribution < 1.29 is 0 Å². The predicted octanol–water partition coefficient (Wildman–Crippen LogP) is 12.8. The lowest BCUT2D eigenvalue weighted by molar-refractivity contribution is 0.365. The Kier molecular flexibility index (Phi) is 6.38. The molecule has 4 heterocycles. The minimum atomic E-state index is 0.511. The highest BCUT2D eigenvalue weighted by Crippen LogP contribution is 2.46. The molecule has 9 aromatic rings. The van der Waals surface area contributed by atoms with Crippen LogP contribution in [0.25, 0.3) is 77.1 Å². The molecule has 2 aliphatic rings. The van der Waals surface area contributed by atoms with Crippen molar-refractivity contribution in [3.63, 3.8) is 0 Å². The molecule has 50 heavy (non-hydrogen) atoms. The van der Waals surface area contributed by atoms with Crippen LogP contribution in [-0.4, -0.2) is 18.3 Å². The zero-order valence-corrected chi connectivity index (χ0v) is 28.6. The fourth-order valence-corrected chi connectivity index (χ4v) is 10.2. The molecule has 2 aliphatic carbocycles. The number of hydrogen-bond acceptors (Lipinski definition) is 0. The third-order valence-electron chi connectivity index (χ3n) is 12.2. The van der Waals surface area contributed by atoms with Crippen LogP contribution in [-0.2, 0) is 0 Å². The maximum Gasteiger partial charge on any atom is 0.127 e. The number of nitrogens with zero attached hydrogens (tertiary/aromatic N) is 4. The number of hydrogen-bond donors (Lipinski definition) is 0. The smallest absolute Gasteiger partial charge is 0.127 e. The van der Waals surface area contributed by atoms with Gasteiger partial charge in [0.15, 0.2) is 0 Å². The average molecular weight is 651 g/mol. The molecule has 0 atom stereocenters. The average Bonchev–Trinajstić information content (AvgIpc) is 3.90. The van der Waals surface area contributed by atoms with Gasteiger partial charge in [-0.05, 0) is 68.1 Å². The third-order valence-corrected chi connectivity index (χ3v) is 12.2. The van der Waals surface area contributed by atoms with Crippen molar-refractivity contribution in [2.75, 3.05) is 0 Å². The van der Waals surface area contributed by atoms with E-state index in [9.17, 15) is 0 Å². The summed E-state index contributed by atoms with van der Waals surface area (Å²) in [6.45, 7) is 0. The standard InChI is InChI=1S/C46H42N4/c1-3-16-31(17-4-1)47-39-26-11-7-22-35(39)43-37-24-9-13-28-41(37)49(45(43)47)33-20-15-21-34(30-33)50-42-29-14-10-25-38(42)44-36-23-8-12-27-40(36)48(46(44)50)32-18-5-2-6-19-32/h7-15,20-32H,1-6,16-19H2. The summed E-state index contributed by atoms with van der Waals surface area (Å²) in [4.78, 5) is 0. The molecule has 11 rings (SSSR count). The molecule has 4 aromatic heterocycles. The third kappa shape index (κ3) is 3.99. The van der Waals surface area contributed by atoms with Gasteiger partial charge >= 0.3 is 0 Å². The zero-order chi connectivity index (χ0) is 32.8. The maximum atomic E-state index is 2.72. The Morgan fingerprint density at radius 2 is 0.720 bits per heavy atom. The molecule has 5 aromatic carbocycles. The summed E-state index contributed by atoms with van der Waals surface area (Å²) in [6.07, 6.45) is 12.9. The van der Waals surface area contributed by atoms with Gasteiger partial charge in [-0.2, -0.15) is 0 Å². The fraction of sp³-hybridized carbons (Fsp3) is 0.261. The van der Waals surface area contributed by atoms with Crippen molar-refractivity contribution >= 4 is 65.7 Å². The number of rotatable bonds is 4. The normalized spacial score (nSPS) is 16.6. The fourth-order valence-electron chi connectivity index (χ4n) is 10.2. The van der Waals surface area contributed by atoms with Gasteiger partial charge < -0.3 is 9.13 Å². The summed E-state index contributed by atoms with van der Waals surface area (Å²) < 4.78 is 10.6. The predicted molar refractivity (Wildman–Crippen MR) is 210 cm³/mol. The molecule has 4 nitrogen and oxygen atoms in total. The van der Waals surface area contributed by atoms with Gasteiger partial charge in [0.05, 0.1) is 22.1 Å². The SMILES string of the molecule is c1cc(-n2c3ccccc3c3c4ccccc4n(C4CCCCC4)c32)cc(-n2c3ccccc3c3c4ccccc4n(C4CCCCC4)c32)c1. The molecule has 0 N–H and O–H groups in total. The molecule has 0 aliphatic heterocycles. The van der Waals surface area contributed by atoms with E-state index in [0.717, 1.165) is 0 Å². The van der Waals surface area contributed by atoms with Gasteiger partial charge in [0.2, 0.25) is 0 Å². The Morgan fingerprint density at radius 1 is 0.360 bits per heavy atom. The topological polar surface area (TPSA) is 19.7 Å². The van der Waals surface area contributed by atoms with E-state index in [0.29, 0.717) is 12.1 Å². The Morgan fingerprint density at radius 3 is 1.14 bits per heavy atom. The van der Waals surface area contributed by atoms with Gasteiger partial charge in [0.1, 0.15) is 11.3 Å². The second-order valence-electron chi connectivity index (χ2n) is 15.0. The summed E-state index contributed by atoms with van der Waals surface area (Å²) in [5, 5.41) is 8.19. The maximum absolute atomic E-state index is 2.72. The molecular weight excluding hydrogens is 609 g/mol. The summed E-state index contributed by atoms with van der Waals surface area (Å²) in [6, 6.07) is 46.9. The molecule has 0 radical (unpaired) electrons. The molecule has 0 amide bonds. The van der Waals surface area contributed by atoms with Crippen LogP contribution in [0.5, 0.6) is 0 Å². The summed E-state index contributed by atoms with van der Waals surface area (Å²) >= 11 is 0. The second-order valence-corrected chi connectivity index (χ2v) is 15.0. The highest BCUT2D eigenvalue weighted by molar-refractivity contribution is 6.23. The Labute approximate surface area is 292 Å². The molecular formula is C46H42N4. The summed E-state index contributed by atoms with van der Waals surface area (Å²) in [7, 11) is 0. The molecule has 246 valence electrons. The van der Waals surface area contributed by atoms with E-state index in [1.165, 1.54) is 141 Å². The van der Waals surface area contributed by atoms with Crippen LogP contribution in [0.3, 0.4) is 0 Å². The lowest BCUT2D eigenvalue weighted by Crippen LogP contribution is -2.15. The van der Waals surface area contributed by atoms with Crippen molar-refractivity contribution in [3.05, 3.63) is 121 Å². The van der Waals surface area contributed by atoms with Crippen LogP contribution in [0, 0.1) is 0 Å². The quantitative estimate of drug-likeness (QED) is 0.181. The van der Waals surface area contributed by atoms with Crippen molar-refractivity contribution in [2.45, 2.75) is 76.3 Å². The molecule has 0 unspecified atom stereocenters. The molecule has 2 saturated carbocycles. The molecule has 4 heteroatoms. The molecule has 0 bridgehead atoms. The first-order valence-electron chi connectivity index (χ1n) is 19.0. The highest BCUT2D eigenvalue weighted by atomic mass is 15.2. The zero-order valence-electron chi connectivity index (χ0n) is 28.6. The van der Waals surface area contributed by atoms with Crippen LogP contribution in [0.4, 0.5) is 0 Å². The van der Waals surface area contributed by atoms with Crippen molar-refractivity contribution in [3.8, 4) is 11.4 Å². The Balaban J connectivity index is 1.23. The monoisotopic (exact) mass is 650 g/mol. The first-order valence-corrected chi connectivity index (χ1v) is 19.0. The van der Waals surface area contributed by atoms with E-state index in [2.05, 4.69) is 140 Å². The van der Waals surface area contributed by atoms with E-state index < -0.39 is 0 Å². The Hall–Kier alpha value is -5.22. The van der Waals surface area contributed by atoms with E-state index in [-0.39, 0.29) is 0 Å². The van der Waals surface area contributed by atoms with Crippen molar-refractivity contribution in [2.24, 2.45) is 0 Å². The van der Waals surface area contributed by atoms with Gasteiger partial charge in [0, 0.05) is 55.8 Å². The first-order chi connectivity index (χ1) is 24.9. The van der Waals surface area contributed by atoms with Gasteiger partial charge in [0.25, 0.3) is 0 Å². The second kappa shape index (κ2) is 11.1. The largest absolute Gasteiger partial charge is 0.323 e. The molecule has 0 saturated heterocycles. The lowest BCUT2D eigenvalue weighted by Gasteiger charge is -2.26. The molecule has 2 fully saturated rings. The van der Waals surface area contributed by atoms with Gasteiger partial charge in [-0.1, -0.05) is 117 Å². The highest BCUT2D eigenvalue weighted by Gasteiger charge is 2.28. The Bertz CT molecular complexity index is 2550. The molecule has 0 spiro atoms. The van der Waals surface area contributed by atoms with Crippen LogP contribution in [0.2, 0.25) is 0 Å². The number of aromatic nitrogens is 4. The minimum absolute atomic E-state index is 0.511. The first kappa shape index (κ1) is 28.6. The minimum Gasteiger partial charge on any atom is -0.323 e. The number of para-hydroxylation sites is 4. The van der Waals surface area contributed by atoms with Gasteiger partial charge in [-0.25, -0.2) is 0 Å². The van der Waals surface area contributed by atoms with E-state index in [4.69, 9.17) is 0 Å². The van der Waals surface area contributed by atoms with Crippen molar-refractivity contribution in [1.82, 2.24) is 18.3 Å². The van der Waals surface area contributed by atoms with E-state index in [1.807, 2.05) is 0 Å². The van der Waals surface area contributed by atoms with E-state index in [1.54, 1.807) is 0 Å². The lowest BCUT2D eigenvalue weighted by atomic mass is 9.95. The van der Waals surface area contributed by atoms with Crippen LogP contribution in [0.1, 0.15) is 76.3 Å². The van der Waals surface area contributed by atoms with Crippen LogP contribution < -0.4 is 0 Å². The summed E-state index contributed by atoms with van der Waals surface area (Å²) in [5.41, 5.74) is 10.4. The van der Waals surface area contributed by atoms with Crippen LogP contribution >= 0.6 is 0 Å².